The predicted molar refractivity (Wildman–Crippen MR) is 56.6 cm³/mol. The van der Waals surface area contributed by atoms with Crippen molar-refractivity contribution in [1.29, 1.82) is 0 Å². The second kappa shape index (κ2) is 5.21. The van der Waals surface area contributed by atoms with Crippen LogP contribution in [0.5, 0.6) is 0 Å². The third-order valence-corrected chi connectivity index (χ3v) is 4.33. The zero-order valence-corrected chi connectivity index (χ0v) is 10.6. The van der Waals surface area contributed by atoms with Crippen LogP contribution in [0, 0.1) is 0 Å². The van der Waals surface area contributed by atoms with Gasteiger partial charge in [0.1, 0.15) is 0 Å². The third kappa shape index (κ3) is 3.42. The topological polar surface area (TPSA) is 12.7 Å². The van der Waals surface area contributed by atoms with Crippen LogP contribution in [0.4, 0.5) is 0 Å². The van der Waals surface area contributed by atoms with Gasteiger partial charge in [-0.25, -0.2) is 9.34 Å². The highest BCUT2D eigenvalue weighted by Crippen LogP contribution is 2.41. The normalized spacial score (nSPS) is 12.2. The summed E-state index contributed by atoms with van der Waals surface area (Å²) >= 11 is 0. The molecule has 0 fully saturated rings. The fraction of sp³-hybridized carbons (Fsp3) is 1.00. The van der Waals surface area contributed by atoms with Crippen molar-refractivity contribution >= 4 is 17.4 Å². The molecule has 0 aliphatic carbocycles. The van der Waals surface area contributed by atoms with E-state index in [0.717, 1.165) is 0 Å². The molecule has 0 aliphatic heterocycles. The van der Waals surface area contributed by atoms with E-state index in [1.54, 1.807) is 0 Å². The predicted octanol–water partition coefficient (Wildman–Crippen LogP) is 1.15. The average molecular weight is 209 g/mol. The van der Waals surface area contributed by atoms with E-state index in [0.29, 0.717) is 0 Å². The molecule has 0 saturated heterocycles. The standard InChI is InChI=1S/C6H19N4P2/c1-7(2)10(11)12(8(3)4)9(5)6/h11H,1-6H3/q+1. The number of hydrogen-bond donors (Lipinski definition) is 0. The van der Waals surface area contributed by atoms with E-state index in [-0.39, 0.29) is 0 Å². The summed E-state index contributed by atoms with van der Waals surface area (Å²) in [6, 6.07) is 0. The molecular formula is C6H19N4P2+. The van der Waals surface area contributed by atoms with E-state index in [1.807, 2.05) is 23.3 Å². The minimum absolute atomic E-state index is 0.440. The number of rotatable bonds is 4. The highest BCUT2D eigenvalue weighted by molar-refractivity contribution is 7.47. The molecule has 12 heavy (non-hydrogen) atoms. The van der Waals surface area contributed by atoms with E-state index < -0.39 is 8.37 Å². The Morgan fingerprint density at radius 1 is 0.917 bits per heavy atom. The van der Waals surface area contributed by atoms with Crippen LogP contribution in [0.3, 0.4) is 0 Å². The zero-order chi connectivity index (χ0) is 9.89. The number of hydrazine groups is 1. The van der Waals surface area contributed by atoms with Crippen LogP contribution in [0.2, 0.25) is 0 Å². The molecule has 72 valence electrons. The van der Waals surface area contributed by atoms with Gasteiger partial charge in [-0.05, 0) is 28.2 Å². The molecule has 0 radical (unpaired) electrons. The fourth-order valence-electron chi connectivity index (χ4n) is 0.857. The van der Waals surface area contributed by atoms with Crippen LogP contribution in [0.1, 0.15) is 0 Å². The van der Waals surface area contributed by atoms with Gasteiger partial charge in [-0.3, -0.25) is 0 Å². The van der Waals surface area contributed by atoms with E-state index in [9.17, 15) is 0 Å². The van der Waals surface area contributed by atoms with Crippen molar-refractivity contribution in [1.82, 2.24) is 14.3 Å². The van der Waals surface area contributed by atoms with Gasteiger partial charge in [-0.2, -0.15) is 0 Å². The van der Waals surface area contributed by atoms with Crippen LogP contribution in [-0.4, -0.2) is 60.8 Å². The van der Waals surface area contributed by atoms with Crippen molar-refractivity contribution in [3.05, 3.63) is 0 Å². The summed E-state index contributed by atoms with van der Waals surface area (Å²) in [6.07, 6.45) is 0. The summed E-state index contributed by atoms with van der Waals surface area (Å²) in [6.45, 7) is 0. The van der Waals surface area contributed by atoms with E-state index in [4.69, 9.17) is 0 Å². The molecule has 6 heteroatoms. The minimum atomic E-state index is -0.440. The first-order valence-electron chi connectivity index (χ1n) is 3.71. The number of nitrogens with zero attached hydrogens (tertiary/aromatic N) is 4. The molecule has 4 nitrogen and oxygen atoms in total. The summed E-state index contributed by atoms with van der Waals surface area (Å²) in [5.74, 6) is 0. The van der Waals surface area contributed by atoms with Crippen molar-refractivity contribution < 1.29 is 4.21 Å². The van der Waals surface area contributed by atoms with Gasteiger partial charge in [-0.1, -0.05) is 9.22 Å². The molecular weight excluding hydrogens is 190 g/mol. The summed E-state index contributed by atoms with van der Waals surface area (Å²) in [5, 5.41) is 2.02. The molecule has 0 aromatic heterocycles. The lowest BCUT2D eigenvalue weighted by Gasteiger charge is -2.24. The summed E-state index contributed by atoms with van der Waals surface area (Å²) in [5.41, 5.74) is 0. The van der Waals surface area contributed by atoms with Crippen molar-refractivity contribution in [3.63, 3.8) is 0 Å². The Morgan fingerprint density at radius 3 is 1.33 bits per heavy atom. The Bertz CT molecular complexity index is 150. The highest BCUT2D eigenvalue weighted by atomic mass is 31.2. The van der Waals surface area contributed by atoms with Crippen molar-refractivity contribution in [2.24, 2.45) is 0 Å². The van der Waals surface area contributed by atoms with Crippen molar-refractivity contribution in [3.8, 4) is 0 Å². The lowest BCUT2D eigenvalue weighted by Crippen LogP contribution is -2.30. The molecule has 0 saturated carbocycles. The summed E-state index contributed by atoms with van der Waals surface area (Å²) in [7, 11) is 15.4. The molecule has 0 aromatic rings. The summed E-state index contributed by atoms with van der Waals surface area (Å²) < 4.78 is 6.40. The molecule has 0 aromatic carbocycles. The van der Waals surface area contributed by atoms with Crippen molar-refractivity contribution in [2.45, 2.75) is 0 Å². The molecule has 0 amide bonds. The third-order valence-electron chi connectivity index (χ3n) is 1.26. The van der Waals surface area contributed by atoms with Gasteiger partial charge in [-0.15, -0.1) is 0 Å². The Hall–Kier alpha value is 0.410. The Labute approximate surface area is 78.9 Å². The molecule has 0 aliphatic rings. The monoisotopic (exact) mass is 209 g/mol. The fourth-order valence-corrected chi connectivity index (χ4v) is 3.64. The van der Waals surface area contributed by atoms with Gasteiger partial charge in [0.15, 0.2) is 0 Å². The van der Waals surface area contributed by atoms with Crippen LogP contribution >= 0.6 is 17.4 Å². The maximum atomic E-state index is 3.57. The maximum absolute atomic E-state index is 3.57. The summed E-state index contributed by atoms with van der Waals surface area (Å²) in [4.78, 5) is 0. The quantitative estimate of drug-likeness (QED) is 0.509. The van der Waals surface area contributed by atoms with Crippen LogP contribution in [0.25, 0.3) is 0 Å². The molecule has 0 bridgehead atoms. The second-order valence-electron chi connectivity index (χ2n) is 3.10. The number of hydrogen-bond acceptors (Lipinski definition) is 2. The maximum Gasteiger partial charge on any atom is 0.375 e. The van der Waals surface area contributed by atoms with E-state index in [2.05, 4.69) is 46.6 Å². The first-order chi connectivity index (χ1) is 5.37. The van der Waals surface area contributed by atoms with Gasteiger partial charge < -0.3 is 0 Å². The molecule has 0 rings (SSSR count). The molecule has 0 atom stereocenters. The van der Waals surface area contributed by atoms with Gasteiger partial charge in [0.25, 0.3) is 0 Å². The van der Waals surface area contributed by atoms with E-state index in [1.165, 1.54) is 0 Å². The molecule has 0 heterocycles. The first kappa shape index (κ1) is 12.4. The molecule has 0 N–H and O–H groups in total. The minimum Gasteiger partial charge on any atom is -0.217 e. The molecule has 0 spiro atoms. The Balaban J connectivity index is 4.41. The van der Waals surface area contributed by atoms with Crippen molar-refractivity contribution in [2.75, 3.05) is 42.3 Å². The van der Waals surface area contributed by atoms with Gasteiger partial charge in [0, 0.05) is 14.1 Å². The largest absolute Gasteiger partial charge is 0.375 e. The lowest BCUT2D eigenvalue weighted by atomic mass is 11.2. The molecule has 0 unspecified atom stereocenters. The SMILES string of the molecule is CN(C)[N+](=P)P(N(C)C)N(C)C. The highest BCUT2D eigenvalue weighted by Gasteiger charge is 2.29. The average Bonchev–Trinajstić information content (AvgIpc) is 1.85. The second-order valence-corrected chi connectivity index (χ2v) is 6.41. The Kier molecular flexibility index (Phi) is 5.38. The van der Waals surface area contributed by atoms with Gasteiger partial charge in [0.05, 0.1) is 0 Å². The van der Waals surface area contributed by atoms with Crippen LogP contribution < -0.4 is 0 Å². The van der Waals surface area contributed by atoms with Crippen LogP contribution in [-0.2, 0) is 0 Å². The smallest absolute Gasteiger partial charge is 0.217 e. The van der Waals surface area contributed by atoms with E-state index >= 15 is 0 Å². The van der Waals surface area contributed by atoms with Crippen LogP contribution in [0.15, 0.2) is 0 Å². The van der Waals surface area contributed by atoms with Gasteiger partial charge >= 0.3 is 8.37 Å². The Morgan fingerprint density at radius 2 is 1.25 bits per heavy atom. The van der Waals surface area contributed by atoms with Gasteiger partial charge in [0.2, 0.25) is 9.03 Å². The first-order valence-corrected chi connectivity index (χ1v) is 5.35. The lowest BCUT2D eigenvalue weighted by molar-refractivity contribution is -0.532. The zero-order valence-electron chi connectivity index (χ0n) is 8.74.